The molecule has 0 aliphatic carbocycles. The Kier molecular flexibility index (Phi) is 3.91. The molecule has 18 heavy (non-hydrogen) atoms. The number of H-pyrrole nitrogens is 1. The summed E-state index contributed by atoms with van der Waals surface area (Å²) in [5, 5.41) is 18.2. The minimum atomic E-state index is -0.867. The van der Waals surface area contributed by atoms with Gasteiger partial charge in [0.2, 0.25) is 0 Å². The molecule has 1 aliphatic rings. The Morgan fingerprint density at radius 2 is 2.28 bits per heavy atom. The summed E-state index contributed by atoms with van der Waals surface area (Å²) in [6, 6.07) is 1.23. The van der Waals surface area contributed by atoms with Crippen molar-refractivity contribution in [2.24, 2.45) is 0 Å². The lowest BCUT2D eigenvalue weighted by Crippen LogP contribution is -2.38. The highest BCUT2D eigenvalue weighted by Crippen LogP contribution is 2.42. The predicted molar refractivity (Wildman–Crippen MR) is 65.6 cm³/mol. The lowest BCUT2D eigenvalue weighted by molar-refractivity contribution is -0.0189. The molecule has 0 saturated carbocycles. The Morgan fingerprint density at radius 3 is 2.83 bits per heavy atom. The van der Waals surface area contributed by atoms with Crippen LogP contribution in [-0.2, 0) is 4.74 Å². The van der Waals surface area contributed by atoms with Crippen molar-refractivity contribution in [3.8, 4) is 0 Å². The number of thioether (sulfide) groups is 1. The Bertz CT molecular complexity index is 527. The van der Waals surface area contributed by atoms with Crippen LogP contribution in [0.5, 0.6) is 0 Å². The summed E-state index contributed by atoms with van der Waals surface area (Å²) in [5.41, 5.74) is -1.04. The molecule has 2 unspecified atom stereocenters. The molecule has 100 valence electrons. The van der Waals surface area contributed by atoms with Crippen LogP contribution in [0.1, 0.15) is 5.37 Å². The summed E-state index contributed by atoms with van der Waals surface area (Å²) in [5.74, 6) is 0. The normalized spacial score (nSPS) is 31.7. The molecule has 0 radical (unpaired) electrons. The molecule has 1 aliphatic heterocycles. The van der Waals surface area contributed by atoms with Crippen LogP contribution >= 0.6 is 11.8 Å². The lowest BCUT2D eigenvalue weighted by atomic mass is 10.1. The summed E-state index contributed by atoms with van der Waals surface area (Å²) in [7, 11) is 1.43. The first-order valence-corrected chi connectivity index (χ1v) is 6.31. The number of nitrogens with zero attached hydrogens (tertiary/aromatic N) is 1. The van der Waals surface area contributed by atoms with Gasteiger partial charge < -0.3 is 14.9 Å². The number of methoxy groups -OCH3 is 1. The van der Waals surface area contributed by atoms with Gasteiger partial charge in [-0.05, 0) is 0 Å². The first-order valence-electron chi connectivity index (χ1n) is 5.37. The van der Waals surface area contributed by atoms with Gasteiger partial charge in [-0.1, -0.05) is 0 Å². The zero-order valence-corrected chi connectivity index (χ0v) is 10.5. The van der Waals surface area contributed by atoms with Gasteiger partial charge in [0, 0.05) is 19.4 Å². The molecule has 8 heteroatoms. The highest BCUT2D eigenvalue weighted by Gasteiger charge is 2.44. The third-order valence-electron chi connectivity index (χ3n) is 2.89. The molecule has 0 spiro atoms. The second-order valence-corrected chi connectivity index (χ2v) is 5.32. The highest BCUT2D eigenvalue weighted by atomic mass is 32.2. The highest BCUT2D eigenvalue weighted by molar-refractivity contribution is 8.00. The van der Waals surface area contributed by atoms with Crippen molar-refractivity contribution in [3.63, 3.8) is 0 Å². The number of aliphatic hydroxyl groups is 2. The fourth-order valence-electron chi connectivity index (χ4n) is 1.98. The summed E-state index contributed by atoms with van der Waals surface area (Å²) in [6.07, 6.45) is -0.123. The smallest absolute Gasteiger partial charge is 0.329 e. The maximum absolute atomic E-state index is 11.7. The van der Waals surface area contributed by atoms with Gasteiger partial charge >= 0.3 is 5.69 Å². The van der Waals surface area contributed by atoms with Crippen LogP contribution in [0, 0.1) is 0 Å². The molecule has 0 amide bonds. The van der Waals surface area contributed by atoms with Gasteiger partial charge in [0.05, 0.1) is 18.0 Å². The van der Waals surface area contributed by atoms with Gasteiger partial charge in [-0.25, -0.2) is 4.79 Å². The monoisotopic (exact) mass is 274 g/mol. The fourth-order valence-corrected chi connectivity index (χ4v) is 3.46. The Hall–Kier alpha value is -1.09. The maximum atomic E-state index is 11.7. The third-order valence-corrected chi connectivity index (χ3v) is 4.44. The van der Waals surface area contributed by atoms with Crippen LogP contribution in [-0.4, -0.2) is 50.9 Å². The third kappa shape index (κ3) is 2.24. The number of rotatable bonds is 3. The van der Waals surface area contributed by atoms with E-state index in [-0.39, 0.29) is 6.61 Å². The molecular formula is C10H14N2O5S. The molecule has 2 heterocycles. The number of ether oxygens (including phenoxy) is 1. The van der Waals surface area contributed by atoms with E-state index in [2.05, 4.69) is 4.98 Å². The van der Waals surface area contributed by atoms with E-state index in [1.807, 2.05) is 0 Å². The summed E-state index contributed by atoms with van der Waals surface area (Å²) < 4.78 is 6.46. The number of aromatic amines is 1. The van der Waals surface area contributed by atoms with E-state index in [0.29, 0.717) is 0 Å². The van der Waals surface area contributed by atoms with Gasteiger partial charge in [-0.3, -0.25) is 14.3 Å². The number of aliphatic hydroxyl groups excluding tert-OH is 2. The van der Waals surface area contributed by atoms with Gasteiger partial charge in [0.25, 0.3) is 5.56 Å². The quantitative estimate of drug-likeness (QED) is 0.621. The number of aromatic nitrogens is 2. The largest absolute Gasteiger partial charge is 0.395 e. The SMILES string of the molecule is COC1C(O)[C@@H](CO)S[C@H]1n1ccc(=O)[nH]c1=O. The average molecular weight is 274 g/mol. The van der Waals surface area contributed by atoms with Crippen molar-refractivity contribution < 1.29 is 14.9 Å². The zero-order chi connectivity index (χ0) is 13.3. The molecule has 0 aromatic carbocycles. The molecule has 1 fully saturated rings. The summed E-state index contributed by atoms with van der Waals surface area (Å²) in [4.78, 5) is 24.8. The minimum Gasteiger partial charge on any atom is -0.395 e. The standard InChI is InChI=1S/C10H14N2O5S/c1-17-8-7(15)5(4-13)18-9(8)12-3-2-6(14)11-10(12)16/h2-3,5,7-9,13,15H,4H2,1H3,(H,11,14,16)/t5-,7?,8?,9-/m1/s1. The van der Waals surface area contributed by atoms with E-state index in [9.17, 15) is 14.7 Å². The van der Waals surface area contributed by atoms with Crippen molar-refractivity contribution in [3.05, 3.63) is 33.1 Å². The summed E-state index contributed by atoms with van der Waals surface area (Å²) in [6.45, 7) is -0.208. The van der Waals surface area contributed by atoms with Crippen LogP contribution < -0.4 is 11.2 Å². The Morgan fingerprint density at radius 1 is 1.56 bits per heavy atom. The zero-order valence-electron chi connectivity index (χ0n) is 9.65. The molecule has 3 N–H and O–H groups in total. The van der Waals surface area contributed by atoms with Gasteiger partial charge in [0.15, 0.2) is 0 Å². The van der Waals surface area contributed by atoms with Crippen LogP contribution in [0.2, 0.25) is 0 Å². The molecule has 0 bridgehead atoms. The van der Waals surface area contributed by atoms with Crippen molar-refractivity contribution in [1.82, 2.24) is 9.55 Å². The first-order chi connectivity index (χ1) is 8.58. The summed E-state index contributed by atoms with van der Waals surface area (Å²) >= 11 is 1.24. The van der Waals surface area contributed by atoms with E-state index in [4.69, 9.17) is 9.84 Å². The molecule has 4 atom stereocenters. The van der Waals surface area contributed by atoms with Crippen LogP contribution in [0.3, 0.4) is 0 Å². The molecule has 1 saturated heterocycles. The molecular weight excluding hydrogens is 260 g/mol. The van der Waals surface area contributed by atoms with E-state index in [0.717, 1.165) is 0 Å². The predicted octanol–water partition coefficient (Wildman–Crippen LogP) is -1.48. The van der Waals surface area contributed by atoms with E-state index in [1.165, 1.54) is 35.7 Å². The topological polar surface area (TPSA) is 105 Å². The molecule has 2 rings (SSSR count). The Labute approximate surface area is 106 Å². The second kappa shape index (κ2) is 5.27. The van der Waals surface area contributed by atoms with E-state index < -0.39 is 34.1 Å². The fraction of sp³-hybridized carbons (Fsp3) is 0.600. The van der Waals surface area contributed by atoms with Crippen molar-refractivity contribution in [2.75, 3.05) is 13.7 Å². The van der Waals surface area contributed by atoms with Crippen LogP contribution in [0.4, 0.5) is 0 Å². The van der Waals surface area contributed by atoms with E-state index in [1.54, 1.807) is 0 Å². The van der Waals surface area contributed by atoms with E-state index >= 15 is 0 Å². The maximum Gasteiger partial charge on any atom is 0.329 e. The van der Waals surface area contributed by atoms with Gasteiger partial charge in [-0.2, -0.15) is 0 Å². The minimum absolute atomic E-state index is 0.208. The van der Waals surface area contributed by atoms with Crippen molar-refractivity contribution >= 4 is 11.8 Å². The van der Waals surface area contributed by atoms with Crippen molar-refractivity contribution in [1.29, 1.82) is 0 Å². The second-order valence-electron chi connectivity index (χ2n) is 3.96. The molecule has 1 aromatic heterocycles. The number of nitrogens with one attached hydrogen (secondary N) is 1. The lowest BCUT2D eigenvalue weighted by Gasteiger charge is -2.21. The van der Waals surface area contributed by atoms with Gasteiger partial charge in [0.1, 0.15) is 11.5 Å². The average Bonchev–Trinajstić information content (AvgIpc) is 2.65. The number of hydrogen-bond donors (Lipinski definition) is 3. The van der Waals surface area contributed by atoms with Crippen LogP contribution in [0.15, 0.2) is 21.9 Å². The first kappa shape index (κ1) is 13.3. The van der Waals surface area contributed by atoms with Gasteiger partial charge in [-0.15, -0.1) is 11.8 Å². The van der Waals surface area contributed by atoms with Crippen LogP contribution in [0.25, 0.3) is 0 Å². The Balaban J connectivity index is 2.38. The molecule has 1 aromatic rings. The number of hydrogen-bond acceptors (Lipinski definition) is 6. The molecule has 7 nitrogen and oxygen atoms in total. The van der Waals surface area contributed by atoms with Crippen molar-refractivity contribution in [2.45, 2.75) is 22.8 Å².